The van der Waals surface area contributed by atoms with Crippen molar-refractivity contribution < 1.29 is 18.9 Å². The molecule has 1 aromatic rings. The number of carbonyl (C=O) groups is 2. The molecule has 114 valence electrons. The van der Waals surface area contributed by atoms with Crippen LogP contribution in [0.5, 0.6) is 0 Å². The van der Waals surface area contributed by atoms with E-state index in [0.717, 1.165) is 0 Å². The summed E-state index contributed by atoms with van der Waals surface area (Å²) in [5.41, 5.74) is 1.06. The summed E-state index contributed by atoms with van der Waals surface area (Å²) in [6, 6.07) is 4.39. The Labute approximate surface area is 125 Å². The van der Waals surface area contributed by atoms with Crippen molar-refractivity contribution in [1.82, 2.24) is 5.32 Å². The van der Waals surface area contributed by atoms with Crippen LogP contribution in [0.25, 0.3) is 0 Å². The summed E-state index contributed by atoms with van der Waals surface area (Å²) >= 11 is 0. The lowest BCUT2D eigenvalue weighted by molar-refractivity contribution is 0.0698. The number of aryl methyl sites for hydroxylation is 1. The minimum atomic E-state index is -1.08. The van der Waals surface area contributed by atoms with Gasteiger partial charge in [0.15, 0.2) is 0 Å². The second-order valence-corrected chi connectivity index (χ2v) is 6.72. The molecule has 0 saturated carbocycles. The predicted octanol–water partition coefficient (Wildman–Crippen LogP) is 1.73. The lowest BCUT2D eigenvalue weighted by Gasteiger charge is -2.23. The van der Waals surface area contributed by atoms with Crippen LogP contribution in [0, 0.1) is 6.92 Å². The van der Waals surface area contributed by atoms with Gasteiger partial charge in [-0.25, -0.2) is 9.59 Å². The summed E-state index contributed by atoms with van der Waals surface area (Å²) in [7, 11) is -0.777. The minimum absolute atomic E-state index is 0.0139. The standard InChI is InChI=1S/C14H18N2O4S/c1-9-3-2-4-11(13(17)18)12(9)16-14(19)15-10-5-7-21(20)8-6-10/h2-4,10H,5-8H2,1H3,(H,17,18)(H2,15,16,19). The van der Waals surface area contributed by atoms with Crippen LogP contribution in [0.15, 0.2) is 18.2 Å². The van der Waals surface area contributed by atoms with E-state index >= 15 is 0 Å². The van der Waals surface area contributed by atoms with Gasteiger partial charge in [-0.1, -0.05) is 12.1 Å². The highest BCUT2D eigenvalue weighted by molar-refractivity contribution is 7.85. The van der Waals surface area contributed by atoms with Crippen LogP contribution in [-0.4, -0.2) is 38.9 Å². The van der Waals surface area contributed by atoms with Crippen LogP contribution < -0.4 is 10.6 Å². The third-order valence-electron chi connectivity index (χ3n) is 3.46. The molecule has 0 atom stereocenters. The molecule has 2 rings (SSSR count). The number of urea groups is 1. The first-order valence-corrected chi connectivity index (χ1v) is 8.21. The molecule has 1 saturated heterocycles. The van der Waals surface area contributed by atoms with Crippen molar-refractivity contribution in [2.45, 2.75) is 25.8 Å². The number of benzene rings is 1. The molecule has 1 aliphatic heterocycles. The molecule has 0 bridgehead atoms. The van der Waals surface area contributed by atoms with Gasteiger partial charge in [0.25, 0.3) is 0 Å². The number of nitrogens with one attached hydrogen (secondary N) is 2. The minimum Gasteiger partial charge on any atom is -0.478 e. The number of aromatic carboxylic acids is 1. The number of hydrogen-bond acceptors (Lipinski definition) is 3. The quantitative estimate of drug-likeness (QED) is 0.792. The zero-order chi connectivity index (χ0) is 15.4. The smallest absolute Gasteiger partial charge is 0.337 e. The topological polar surface area (TPSA) is 95.5 Å². The first-order valence-electron chi connectivity index (χ1n) is 6.73. The molecular formula is C14H18N2O4S. The van der Waals surface area contributed by atoms with Gasteiger partial charge in [0.05, 0.1) is 11.3 Å². The van der Waals surface area contributed by atoms with Crippen LogP contribution in [0.1, 0.15) is 28.8 Å². The first kappa shape index (κ1) is 15.5. The molecule has 0 radical (unpaired) electrons. The van der Waals surface area contributed by atoms with Crippen molar-refractivity contribution in [3.8, 4) is 0 Å². The average molecular weight is 310 g/mol. The Hall–Kier alpha value is -1.89. The molecule has 1 heterocycles. The van der Waals surface area contributed by atoms with Crippen molar-refractivity contribution in [2.75, 3.05) is 16.8 Å². The van der Waals surface area contributed by atoms with Gasteiger partial charge >= 0.3 is 12.0 Å². The number of carboxylic acid groups (broad SMARTS) is 1. The summed E-state index contributed by atoms with van der Waals surface area (Å²) in [6.07, 6.45) is 1.36. The van der Waals surface area contributed by atoms with E-state index in [1.807, 2.05) is 0 Å². The Balaban J connectivity index is 2.03. The van der Waals surface area contributed by atoms with E-state index in [1.165, 1.54) is 6.07 Å². The van der Waals surface area contributed by atoms with Gasteiger partial charge in [-0.15, -0.1) is 0 Å². The molecule has 2 amide bonds. The largest absolute Gasteiger partial charge is 0.478 e. The van der Waals surface area contributed by atoms with Gasteiger partial charge in [-0.2, -0.15) is 0 Å². The Bertz CT molecular complexity index is 578. The molecule has 1 fully saturated rings. The zero-order valence-corrected chi connectivity index (χ0v) is 12.5. The maximum Gasteiger partial charge on any atom is 0.337 e. The normalized spacial score (nSPS) is 21.6. The Kier molecular flexibility index (Phi) is 4.95. The average Bonchev–Trinajstić information content (AvgIpc) is 2.43. The molecule has 21 heavy (non-hydrogen) atoms. The molecule has 1 aromatic carbocycles. The van der Waals surface area contributed by atoms with Crippen molar-refractivity contribution in [1.29, 1.82) is 0 Å². The van der Waals surface area contributed by atoms with E-state index in [0.29, 0.717) is 35.6 Å². The summed E-state index contributed by atoms with van der Waals surface area (Å²) in [5.74, 6) is 0.104. The number of para-hydroxylation sites is 1. The fraction of sp³-hybridized carbons (Fsp3) is 0.429. The third kappa shape index (κ3) is 4.04. The molecule has 0 spiro atoms. The highest BCUT2D eigenvalue weighted by atomic mass is 32.2. The molecule has 7 heteroatoms. The second-order valence-electron chi connectivity index (χ2n) is 5.02. The molecule has 0 aliphatic carbocycles. The summed E-state index contributed by atoms with van der Waals surface area (Å²) in [4.78, 5) is 23.2. The van der Waals surface area contributed by atoms with Crippen LogP contribution in [0.3, 0.4) is 0 Å². The van der Waals surface area contributed by atoms with Crippen molar-refractivity contribution in [2.24, 2.45) is 0 Å². The fourth-order valence-electron chi connectivity index (χ4n) is 2.29. The predicted molar refractivity (Wildman–Crippen MR) is 81.2 cm³/mol. The van der Waals surface area contributed by atoms with Gasteiger partial charge in [-0.3, -0.25) is 4.21 Å². The molecule has 3 N–H and O–H groups in total. The van der Waals surface area contributed by atoms with Gasteiger partial charge in [0.1, 0.15) is 0 Å². The maximum absolute atomic E-state index is 12.0. The molecule has 6 nitrogen and oxygen atoms in total. The highest BCUT2D eigenvalue weighted by Gasteiger charge is 2.20. The van der Waals surface area contributed by atoms with Crippen LogP contribution in [0.4, 0.5) is 10.5 Å². The number of hydrogen-bond donors (Lipinski definition) is 3. The van der Waals surface area contributed by atoms with E-state index in [4.69, 9.17) is 5.11 Å². The van der Waals surface area contributed by atoms with Crippen LogP contribution in [0.2, 0.25) is 0 Å². The summed E-state index contributed by atoms with van der Waals surface area (Å²) in [5, 5.41) is 14.6. The molecule has 1 aliphatic rings. The number of amides is 2. The van der Waals surface area contributed by atoms with Crippen LogP contribution >= 0.6 is 0 Å². The molecule has 0 unspecified atom stereocenters. The maximum atomic E-state index is 12.0. The highest BCUT2D eigenvalue weighted by Crippen LogP contribution is 2.20. The monoisotopic (exact) mass is 310 g/mol. The van der Waals surface area contributed by atoms with E-state index in [1.54, 1.807) is 19.1 Å². The number of carboxylic acids is 1. The molecule has 0 aromatic heterocycles. The van der Waals surface area contributed by atoms with E-state index < -0.39 is 22.8 Å². The zero-order valence-electron chi connectivity index (χ0n) is 11.7. The summed E-state index contributed by atoms with van der Waals surface area (Å²) in [6.45, 7) is 1.74. The van der Waals surface area contributed by atoms with E-state index in [9.17, 15) is 13.8 Å². The SMILES string of the molecule is Cc1cccc(C(=O)O)c1NC(=O)NC1CCS(=O)CC1. The van der Waals surface area contributed by atoms with Gasteiger partial charge < -0.3 is 15.7 Å². The summed E-state index contributed by atoms with van der Waals surface area (Å²) < 4.78 is 11.3. The third-order valence-corrected chi connectivity index (χ3v) is 4.85. The Morgan fingerprint density at radius 2 is 1.95 bits per heavy atom. The van der Waals surface area contributed by atoms with Gasteiger partial charge in [-0.05, 0) is 31.4 Å². The van der Waals surface area contributed by atoms with Gasteiger partial charge in [0, 0.05) is 28.3 Å². The number of rotatable bonds is 3. The Morgan fingerprint density at radius 3 is 2.57 bits per heavy atom. The van der Waals surface area contributed by atoms with E-state index in [2.05, 4.69) is 10.6 Å². The Morgan fingerprint density at radius 1 is 1.29 bits per heavy atom. The van der Waals surface area contributed by atoms with Crippen molar-refractivity contribution in [3.05, 3.63) is 29.3 Å². The van der Waals surface area contributed by atoms with Gasteiger partial charge in [0.2, 0.25) is 0 Å². The fourth-order valence-corrected chi connectivity index (χ4v) is 3.58. The lowest BCUT2D eigenvalue weighted by Crippen LogP contribution is -2.42. The first-order chi connectivity index (χ1) is 9.97. The molecular weight excluding hydrogens is 292 g/mol. The lowest BCUT2D eigenvalue weighted by atomic mass is 10.1. The number of anilines is 1. The van der Waals surface area contributed by atoms with E-state index in [-0.39, 0.29) is 11.6 Å². The van der Waals surface area contributed by atoms with Crippen LogP contribution in [-0.2, 0) is 10.8 Å². The second kappa shape index (κ2) is 6.71. The number of carbonyl (C=O) groups excluding carboxylic acids is 1. The van der Waals surface area contributed by atoms with Crippen molar-refractivity contribution >= 4 is 28.5 Å². The van der Waals surface area contributed by atoms with Crippen molar-refractivity contribution in [3.63, 3.8) is 0 Å².